The van der Waals surface area contributed by atoms with Crippen molar-refractivity contribution >= 4 is 17.1 Å². The molecule has 200 valence electrons. The van der Waals surface area contributed by atoms with Gasteiger partial charge in [-0.05, 0) is 54.8 Å². The first-order valence-corrected chi connectivity index (χ1v) is 15.4. The second kappa shape index (κ2) is 18.7. The quantitative estimate of drug-likeness (QED) is 0.140. The summed E-state index contributed by atoms with van der Waals surface area (Å²) in [7, 11) is 0. The number of hydrogen-bond acceptors (Lipinski definition) is 1. The maximum absolute atomic E-state index is 2.33. The highest BCUT2D eigenvalue weighted by molar-refractivity contribution is 5.76. The molecule has 0 radical (unpaired) electrons. The van der Waals surface area contributed by atoms with E-state index in [1.54, 1.807) is 0 Å². The Morgan fingerprint density at radius 1 is 0.378 bits per heavy atom. The van der Waals surface area contributed by atoms with Crippen molar-refractivity contribution in [2.24, 2.45) is 0 Å². The fourth-order valence-corrected chi connectivity index (χ4v) is 5.29. The summed E-state index contributed by atoms with van der Waals surface area (Å²) in [5.74, 6) is 0. The second-order valence-electron chi connectivity index (χ2n) is 10.7. The number of anilines is 3. The van der Waals surface area contributed by atoms with Crippen molar-refractivity contribution in [2.75, 3.05) is 4.90 Å². The van der Waals surface area contributed by atoms with Crippen LogP contribution in [0.4, 0.5) is 17.1 Å². The Hall–Kier alpha value is -2.54. The first kappa shape index (κ1) is 29.0. The van der Waals surface area contributed by atoms with Crippen LogP contribution in [0.5, 0.6) is 0 Å². The predicted molar refractivity (Wildman–Crippen MR) is 164 cm³/mol. The standard InChI is InChI=1S/C36H51N/c1-2-3-4-5-6-7-8-9-10-11-12-13-14-15-16-19-24-33-29-31-36(32-30-33)37(34-25-20-17-21-26-34)35-27-22-18-23-28-35/h17-18,20-23,25-32H,2-16,19,24H2,1H3. The molecule has 0 heterocycles. The molecule has 0 amide bonds. The monoisotopic (exact) mass is 497 g/mol. The van der Waals surface area contributed by atoms with E-state index in [9.17, 15) is 0 Å². The van der Waals surface area contributed by atoms with Crippen LogP contribution in [-0.4, -0.2) is 0 Å². The van der Waals surface area contributed by atoms with Gasteiger partial charge in [0.15, 0.2) is 0 Å². The summed E-state index contributed by atoms with van der Waals surface area (Å²) in [6.45, 7) is 2.30. The van der Waals surface area contributed by atoms with Gasteiger partial charge in [-0.3, -0.25) is 0 Å². The van der Waals surface area contributed by atoms with Crippen molar-refractivity contribution in [1.82, 2.24) is 0 Å². The number of unbranched alkanes of at least 4 members (excludes halogenated alkanes) is 15. The van der Waals surface area contributed by atoms with Gasteiger partial charge < -0.3 is 4.90 Å². The van der Waals surface area contributed by atoms with Gasteiger partial charge in [-0.1, -0.05) is 152 Å². The maximum Gasteiger partial charge on any atom is 0.0461 e. The van der Waals surface area contributed by atoms with Crippen molar-refractivity contribution < 1.29 is 0 Å². The minimum Gasteiger partial charge on any atom is -0.311 e. The average molecular weight is 498 g/mol. The molecule has 0 N–H and O–H groups in total. The average Bonchev–Trinajstić information content (AvgIpc) is 2.95. The minimum absolute atomic E-state index is 1.19. The molecular weight excluding hydrogens is 446 g/mol. The molecule has 0 aliphatic rings. The van der Waals surface area contributed by atoms with E-state index < -0.39 is 0 Å². The number of aryl methyl sites for hydroxylation is 1. The summed E-state index contributed by atoms with van der Waals surface area (Å²) >= 11 is 0. The van der Waals surface area contributed by atoms with Crippen molar-refractivity contribution in [3.05, 3.63) is 90.5 Å². The van der Waals surface area contributed by atoms with Crippen molar-refractivity contribution in [1.29, 1.82) is 0 Å². The molecule has 0 unspecified atom stereocenters. The Morgan fingerprint density at radius 2 is 0.730 bits per heavy atom. The van der Waals surface area contributed by atoms with Gasteiger partial charge in [0.05, 0.1) is 0 Å². The summed E-state index contributed by atoms with van der Waals surface area (Å²) in [4.78, 5) is 2.33. The first-order valence-electron chi connectivity index (χ1n) is 15.4. The van der Waals surface area contributed by atoms with Crippen molar-refractivity contribution in [2.45, 2.75) is 116 Å². The molecular formula is C36H51N. The maximum atomic E-state index is 2.33. The Labute approximate surface area is 228 Å². The number of nitrogens with zero attached hydrogens (tertiary/aromatic N) is 1. The van der Waals surface area contributed by atoms with Gasteiger partial charge in [0.25, 0.3) is 0 Å². The Balaban J connectivity index is 1.26. The SMILES string of the molecule is CCCCCCCCCCCCCCCCCCc1ccc(N(c2ccccc2)c2ccccc2)cc1. The minimum atomic E-state index is 1.19. The van der Waals surface area contributed by atoms with Crippen molar-refractivity contribution in [3.8, 4) is 0 Å². The highest BCUT2D eigenvalue weighted by Gasteiger charge is 2.11. The van der Waals surface area contributed by atoms with Crippen LogP contribution < -0.4 is 4.90 Å². The molecule has 0 bridgehead atoms. The molecule has 3 aromatic carbocycles. The van der Waals surface area contributed by atoms with Crippen LogP contribution in [0.15, 0.2) is 84.9 Å². The largest absolute Gasteiger partial charge is 0.311 e. The molecule has 3 aromatic rings. The van der Waals surface area contributed by atoms with Gasteiger partial charge in [0.2, 0.25) is 0 Å². The van der Waals surface area contributed by atoms with E-state index >= 15 is 0 Å². The van der Waals surface area contributed by atoms with E-state index in [1.807, 2.05) is 0 Å². The van der Waals surface area contributed by atoms with E-state index in [4.69, 9.17) is 0 Å². The molecule has 1 heteroatoms. The molecule has 0 saturated carbocycles. The number of para-hydroxylation sites is 2. The summed E-state index contributed by atoms with van der Waals surface area (Å²) in [6, 6.07) is 30.5. The lowest BCUT2D eigenvalue weighted by Gasteiger charge is -2.25. The lowest BCUT2D eigenvalue weighted by atomic mass is 10.0. The van der Waals surface area contributed by atoms with E-state index in [2.05, 4.69) is 96.8 Å². The normalized spacial score (nSPS) is 11.1. The van der Waals surface area contributed by atoms with Gasteiger partial charge in [-0.2, -0.15) is 0 Å². The van der Waals surface area contributed by atoms with Gasteiger partial charge in [-0.25, -0.2) is 0 Å². The zero-order valence-electron chi connectivity index (χ0n) is 23.6. The van der Waals surface area contributed by atoms with E-state index in [0.29, 0.717) is 0 Å². The molecule has 37 heavy (non-hydrogen) atoms. The first-order chi connectivity index (χ1) is 18.4. The number of rotatable bonds is 20. The molecule has 0 saturated heterocycles. The van der Waals surface area contributed by atoms with Gasteiger partial charge in [-0.15, -0.1) is 0 Å². The summed E-state index contributed by atoms with van der Waals surface area (Å²) in [6.07, 6.45) is 24.0. The van der Waals surface area contributed by atoms with Gasteiger partial charge in [0, 0.05) is 17.1 Å². The topological polar surface area (TPSA) is 3.24 Å². The Bertz CT molecular complexity index is 876. The smallest absolute Gasteiger partial charge is 0.0461 e. The van der Waals surface area contributed by atoms with Crippen molar-refractivity contribution in [3.63, 3.8) is 0 Å². The fraction of sp³-hybridized carbons (Fsp3) is 0.500. The van der Waals surface area contributed by atoms with Crippen LogP contribution in [0, 0.1) is 0 Å². The van der Waals surface area contributed by atoms with Crippen LogP contribution in [-0.2, 0) is 6.42 Å². The molecule has 0 atom stereocenters. The molecule has 0 fully saturated rings. The zero-order chi connectivity index (χ0) is 25.8. The fourth-order valence-electron chi connectivity index (χ4n) is 5.29. The Kier molecular flexibility index (Phi) is 14.6. The molecule has 1 nitrogen and oxygen atoms in total. The zero-order valence-corrected chi connectivity index (χ0v) is 23.6. The van der Waals surface area contributed by atoms with Crippen LogP contribution >= 0.6 is 0 Å². The molecule has 0 aliphatic carbocycles. The molecule has 0 aliphatic heterocycles. The molecule has 0 aromatic heterocycles. The van der Waals surface area contributed by atoms with E-state index in [0.717, 1.165) is 0 Å². The number of benzene rings is 3. The third-order valence-corrected chi connectivity index (χ3v) is 7.54. The number of hydrogen-bond donors (Lipinski definition) is 0. The van der Waals surface area contributed by atoms with Crippen LogP contribution in [0.2, 0.25) is 0 Å². The third-order valence-electron chi connectivity index (χ3n) is 7.54. The van der Waals surface area contributed by atoms with Crippen LogP contribution in [0.25, 0.3) is 0 Å². The van der Waals surface area contributed by atoms with Crippen LogP contribution in [0.3, 0.4) is 0 Å². The predicted octanol–water partition coefficient (Wildman–Crippen LogP) is 12.0. The molecule has 3 rings (SSSR count). The van der Waals surface area contributed by atoms with Crippen LogP contribution in [0.1, 0.15) is 115 Å². The lowest BCUT2D eigenvalue weighted by Crippen LogP contribution is -2.09. The summed E-state index contributed by atoms with van der Waals surface area (Å²) in [5, 5.41) is 0. The highest BCUT2D eigenvalue weighted by atomic mass is 15.1. The van der Waals surface area contributed by atoms with Gasteiger partial charge in [0.1, 0.15) is 0 Å². The summed E-state index contributed by atoms with van der Waals surface area (Å²) < 4.78 is 0. The third kappa shape index (κ3) is 11.6. The van der Waals surface area contributed by atoms with E-state index in [1.165, 1.54) is 132 Å². The van der Waals surface area contributed by atoms with E-state index in [-0.39, 0.29) is 0 Å². The van der Waals surface area contributed by atoms with Gasteiger partial charge >= 0.3 is 0 Å². The second-order valence-corrected chi connectivity index (χ2v) is 10.7. The highest BCUT2D eigenvalue weighted by Crippen LogP contribution is 2.34. The Morgan fingerprint density at radius 3 is 1.14 bits per heavy atom. The molecule has 0 spiro atoms. The lowest BCUT2D eigenvalue weighted by molar-refractivity contribution is 0.529. The summed E-state index contributed by atoms with van der Waals surface area (Å²) in [5.41, 5.74) is 5.06.